The van der Waals surface area contributed by atoms with E-state index in [9.17, 15) is 4.79 Å². The van der Waals surface area contributed by atoms with E-state index in [2.05, 4.69) is 9.97 Å². The number of halogens is 1. The van der Waals surface area contributed by atoms with E-state index < -0.39 is 0 Å². The molecule has 0 atom stereocenters. The molecule has 2 rings (SSSR count). The van der Waals surface area contributed by atoms with Crippen LogP contribution in [0.1, 0.15) is 11.3 Å². The fraction of sp³-hybridized carbons (Fsp3) is 0.286. The zero-order valence-electron chi connectivity index (χ0n) is 11.3. The van der Waals surface area contributed by atoms with Gasteiger partial charge in [0.1, 0.15) is 9.39 Å². The Hall–Kier alpha value is -1.25. The third kappa shape index (κ3) is 3.25. The number of H-pyrrole nitrogens is 1. The van der Waals surface area contributed by atoms with Crippen molar-refractivity contribution in [2.24, 2.45) is 0 Å². The van der Waals surface area contributed by atoms with Gasteiger partial charge >= 0.3 is 0 Å². The molecule has 5 nitrogen and oxygen atoms in total. The molecule has 0 radical (unpaired) electrons. The van der Waals surface area contributed by atoms with Crippen molar-refractivity contribution >= 4 is 22.6 Å². The van der Waals surface area contributed by atoms with Crippen LogP contribution < -0.4 is 5.56 Å². The molecule has 1 N–H and O–H groups in total. The predicted octanol–water partition coefficient (Wildman–Crippen LogP) is 2.33. The van der Waals surface area contributed by atoms with Gasteiger partial charge in [-0.2, -0.15) is 0 Å². The van der Waals surface area contributed by atoms with Gasteiger partial charge in [-0.3, -0.25) is 4.79 Å². The van der Waals surface area contributed by atoms with Crippen molar-refractivity contribution in [1.82, 2.24) is 9.97 Å². The standard InChI is InChI=1S/C14H15IN2O3/c1-19-7-9-5-3-4-6-10(9)13-16-11(8-20-2)12(15)14(18)17-13/h3-6H,7-8H2,1-2H3,(H,16,17,18). The topological polar surface area (TPSA) is 64.2 Å². The lowest BCUT2D eigenvalue weighted by atomic mass is 10.1. The number of aromatic nitrogens is 2. The van der Waals surface area contributed by atoms with Crippen molar-refractivity contribution < 1.29 is 9.47 Å². The van der Waals surface area contributed by atoms with Crippen LogP contribution in [-0.2, 0) is 22.7 Å². The Morgan fingerprint density at radius 3 is 2.60 bits per heavy atom. The third-order valence-corrected chi connectivity index (χ3v) is 3.90. The molecule has 0 bridgehead atoms. The van der Waals surface area contributed by atoms with E-state index in [-0.39, 0.29) is 5.56 Å². The first kappa shape index (κ1) is 15.1. The highest BCUT2D eigenvalue weighted by Gasteiger charge is 2.12. The molecule has 106 valence electrons. The van der Waals surface area contributed by atoms with Gasteiger partial charge < -0.3 is 14.5 Å². The Morgan fingerprint density at radius 2 is 1.90 bits per heavy atom. The summed E-state index contributed by atoms with van der Waals surface area (Å²) >= 11 is 1.98. The molecule has 0 aliphatic carbocycles. The summed E-state index contributed by atoms with van der Waals surface area (Å²) in [7, 11) is 3.22. The normalized spacial score (nSPS) is 10.8. The van der Waals surface area contributed by atoms with Gasteiger partial charge in [-0.25, -0.2) is 4.98 Å². The second-order valence-electron chi connectivity index (χ2n) is 4.20. The minimum atomic E-state index is -0.158. The van der Waals surface area contributed by atoms with Gasteiger partial charge in [-0.15, -0.1) is 0 Å². The predicted molar refractivity (Wildman–Crippen MR) is 84.4 cm³/mol. The van der Waals surface area contributed by atoms with E-state index in [1.54, 1.807) is 14.2 Å². The third-order valence-electron chi connectivity index (χ3n) is 2.78. The second-order valence-corrected chi connectivity index (χ2v) is 5.28. The van der Waals surface area contributed by atoms with Crippen molar-refractivity contribution in [2.45, 2.75) is 13.2 Å². The molecule has 0 spiro atoms. The average Bonchev–Trinajstić information content (AvgIpc) is 2.45. The largest absolute Gasteiger partial charge is 0.380 e. The quantitative estimate of drug-likeness (QED) is 0.802. The molecule has 0 unspecified atom stereocenters. The van der Waals surface area contributed by atoms with Crippen molar-refractivity contribution in [2.75, 3.05) is 14.2 Å². The Morgan fingerprint density at radius 1 is 1.20 bits per heavy atom. The maximum atomic E-state index is 12.0. The maximum absolute atomic E-state index is 12.0. The first-order chi connectivity index (χ1) is 9.67. The molecular weight excluding hydrogens is 371 g/mol. The Balaban J connectivity index is 2.55. The number of methoxy groups -OCH3 is 2. The minimum absolute atomic E-state index is 0.158. The van der Waals surface area contributed by atoms with Crippen LogP contribution in [0.3, 0.4) is 0 Å². The molecule has 0 saturated heterocycles. The van der Waals surface area contributed by atoms with Crippen molar-refractivity contribution in [3.63, 3.8) is 0 Å². The number of nitrogens with one attached hydrogen (secondary N) is 1. The number of nitrogens with zero attached hydrogens (tertiary/aromatic N) is 1. The Bertz CT molecular complexity index is 655. The smallest absolute Gasteiger partial charge is 0.264 e. The summed E-state index contributed by atoms with van der Waals surface area (Å²) in [6.45, 7) is 0.771. The summed E-state index contributed by atoms with van der Waals surface area (Å²) in [5.74, 6) is 0.537. The number of aromatic amines is 1. The molecule has 0 aliphatic heterocycles. The molecule has 6 heteroatoms. The fourth-order valence-corrected chi connectivity index (χ4v) is 2.31. The maximum Gasteiger partial charge on any atom is 0.264 e. The van der Waals surface area contributed by atoms with Gasteiger partial charge in [0.15, 0.2) is 0 Å². The number of rotatable bonds is 5. The monoisotopic (exact) mass is 386 g/mol. The molecular formula is C14H15IN2O3. The van der Waals surface area contributed by atoms with Crippen LogP contribution >= 0.6 is 22.6 Å². The van der Waals surface area contributed by atoms with Crippen LogP contribution in [0, 0.1) is 3.57 Å². The van der Waals surface area contributed by atoms with Crippen LogP contribution in [0.25, 0.3) is 11.4 Å². The minimum Gasteiger partial charge on any atom is -0.380 e. The molecule has 0 aliphatic rings. The average molecular weight is 386 g/mol. The number of ether oxygens (including phenoxy) is 2. The summed E-state index contributed by atoms with van der Waals surface area (Å²) in [5, 5.41) is 0. The van der Waals surface area contributed by atoms with Crippen molar-refractivity contribution in [3.8, 4) is 11.4 Å². The lowest BCUT2D eigenvalue weighted by molar-refractivity contribution is 0.180. The molecule has 1 aromatic carbocycles. The van der Waals surface area contributed by atoms with Gasteiger partial charge in [0, 0.05) is 19.8 Å². The molecule has 0 amide bonds. The molecule has 0 fully saturated rings. The van der Waals surface area contributed by atoms with Crippen LogP contribution in [0.4, 0.5) is 0 Å². The highest BCUT2D eigenvalue weighted by Crippen LogP contribution is 2.21. The van der Waals surface area contributed by atoms with E-state index in [4.69, 9.17) is 9.47 Å². The number of benzene rings is 1. The van der Waals surface area contributed by atoms with Crippen LogP contribution in [-0.4, -0.2) is 24.2 Å². The highest BCUT2D eigenvalue weighted by molar-refractivity contribution is 14.1. The zero-order valence-corrected chi connectivity index (χ0v) is 13.4. The van der Waals surface area contributed by atoms with Gasteiger partial charge in [-0.05, 0) is 28.2 Å². The van der Waals surface area contributed by atoms with Crippen molar-refractivity contribution in [3.05, 3.63) is 49.4 Å². The van der Waals surface area contributed by atoms with Crippen LogP contribution in [0.15, 0.2) is 29.1 Å². The van der Waals surface area contributed by atoms with Gasteiger partial charge in [0.2, 0.25) is 0 Å². The van der Waals surface area contributed by atoms with Crippen LogP contribution in [0.5, 0.6) is 0 Å². The summed E-state index contributed by atoms with van der Waals surface area (Å²) in [5.41, 5.74) is 2.32. The van der Waals surface area contributed by atoms with Gasteiger partial charge in [0.05, 0.1) is 18.9 Å². The zero-order chi connectivity index (χ0) is 14.5. The summed E-state index contributed by atoms with van der Waals surface area (Å²) in [6.07, 6.45) is 0. The van der Waals surface area contributed by atoms with Gasteiger partial charge in [-0.1, -0.05) is 24.3 Å². The first-order valence-electron chi connectivity index (χ1n) is 6.02. The van der Waals surface area contributed by atoms with Crippen LogP contribution in [0.2, 0.25) is 0 Å². The molecule has 2 aromatic rings. The Labute approximate surface area is 130 Å². The molecule has 1 heterocycles. The number of hydrogen-bond donors (Lipinski definition) is 1. The SMILES string of the molecule is COCc1ccccc1-c1nc(COC)c(I)c(=O)[nH]1. The first-order valence-corrected chi connectivity index (χ1v) is 7.10. The fourth-order valence-electron chi connectivity index (χ4n) is 1.90. The lowest BCUT2D eigenvalue weighted by Gasteiger charge is -2.10. The van der Waals surface area contributed by atoms with E-state index in [0.717, 1.165) is 11.1 Å². The van der Waals surface area contributed by atoms with Gasteiger partial charge in [0.25, 0.3) is 5.56 Å². The van der Waals surface area contributed by atoms with Crippen molar-refractivity contribution in [1.29, 1.82) is 0 Å². The van der Waals surface area contributed by atoms with E-state index in [1.807, 2.05) is 46.9 Å². The molecule has 1 aromatic heterocycles. The second kappa shape index (κ2) is 6.96. The summed E-state index contributed by atoms with van der Waals surface area (Å²) < 4.78 is 10.8. The molecule has 0 saturated carbocycles. The molecule has 20 heavy (non-hydrogen) atoms. The van der Waals surface area contributed by atoms with E-state index in [1.165, 1.54) is 0 Å². The number of hydrogen-bond acceptors (Lipinski definition) is 4. The highest BCUT2D eigenvalue weighted by atomic mass is 127. The van der Waals surface area contributed by atoms with E-state index >= 15 is 0 Å². The lowest BCUT2D eigenvalue weighted by Crippen LogP contribution is -2.17. The Kier molecular flexibility index (Phi) is 5.27. The van der Waals surface area contributed by atoms with E-state index in [0.29, 0.717) is 28.3 Å². The summed E-state index contributed by atoms with van der Waals surface area (Å²) in [4.78, 5) is 19.3. The summed E-state index contributed by atoms with van der Waals surface area (Å²) in [6, 6.07) is 7.70.